The van der Waals surface area contributed by atoms with Crippen molar-refractivity contribution in [1.82, 2.24) is 5.32 Å². The Kier molecular flexibility index (Phi) is 8.08. The number of nitro groups is 1. The number of rotatable bonds is 8. The number of nitrogens with zero attached hydrogens (tertiary/aromatic N) is 1. The van der Waals surface area contributed by atoms with Gasteiger partial charge in [-0.05, 0) is 30.6 Å². The van der Waals surface area contributed by atoms with Crippen LogP contribution in [0, 0.1) is 16.0 Å². The Labute approximate surface area is 140 Å². The summed E-state index contributed by atoms with van der Waals surface area (Å²) in [5.41, 5.74) is 0.362. The Morgan fingerprint density at radius 3 is 2.86 bits per heavy atom. The number of hydrogen-bond donors (Lipinski definition) is 2. The fourth-order valence-corrected chi connectivity index (χ4v) is 1.96. The van der Waals surface area contributed by atoms with Gasteiger partial charge in [-0.25, -0.2) is 0 Å². The molecule has 0 atom stereocenters. The molecule has 0 amide bonds. The van der Waals surface area contributed by atoms with Crippen LogP contribution in [0.25, 0.3) is 0 Å². The van der Waals surface area contributed by atoms with Crippen molar-refractivity contribution < 1.29 is 9.66 Å². The Hall–Kier alpha value is -1.44. The van der Waals surface area contributed by atoms with Gasteiger partial charge in [-0.2, -0.15) is 0 Å². The minimum Gasteiger partial charge on any atom is -0.381 e. The largest absolute Gasteiger partial charge is 0.381 e. The standard InChI is InChI=1S/C14H20ClN3O3S/c1-10(2)9-21-7-3-6-16-14(22)17-13-8-11(18(19)20)4-5-12(13)15/h4-5,8,10H,3,6-7,9H2,1-2H3,(H2,16,17,22). The predicted octanol–water partition coefficient (Wildman–Crippen LogP) is 3.60. The predicted molar refractivity (Wildman–Crippen MR) is 92.6 cm³/mol. The van der Waals surface area contributed by atoms with Gasteiger partial charge in [-0.3, -0.25) is 10.1 Å². The summed E-state index contributed by atoms with van der Waals surface area (Å²) in [7, 11) is 0. The van der Waals surface area contributed by atoms with Gasteiger partial charge in [0.2, 0.25) is 0 Å². The van der Waals surface area contributed by atoms with E-state index in [0.717, 1.165) is 13.0 Å². The number of benzene rings is 1. The van der Waals surface area contributed by atoms with Crippen molar-refractivity contribution in [3.63, 3.8) is 0 Å². The van der Waals surface area contributed by atoms with E-state index < -0.39 is 4.92 Å². The second kappa shape index (κ2) is 9.55. The van der Waals surface area contributed by atoms with E-state index in [1.807, 2.05) is 0 Å². The van der Waals surface area contributed by atoms with Gasteiger partial charge in [0.05, 0.1) is 15.6 Å². The molecule has 6 nitrogen and oxygen atoms in total. The van der Waals surface area contributed by atoms with E-state index in [-0.39, 0.29) is 5.69 Å². The second-order valence-corrected chi connectivity index (χ2v) is 5.94. The lowest BCUT2D eigenvalue weighted by atomic mass is 10.2. The maximum atomic E-state index is 10.7. The van der Waals surface area contributed by atoms with E-state index in [9.17, 15) is 10.1 Å². The van der Waals surface area contributed by atoms with Crippen LogP contribution in [0.5, 0.6) is 0 Å². The average molecular weight is 346 g/mol. The number of hydrogen-bond acceptors (Lipinski definition) is 4. The zero-order valence-corrected chi connectivity index (χ0v) is 14.2. The third-order valence-electron chi connectivity index (χ3n) is 2.61. The minimum absolute atomic E-state index is 0.0446. The number of ether oxygens (including phenoxy) is 1. The van der Waals surface area contributed by atoms with Crippen LogP contribution in [-0.4, -0.2) is 29.8 Å². The number of nitro benzene ring substituents is 1. The summed E-state index contributed by atoms with van der Waals surface area (Å²) in [5, 5.41) is 17.3. The first-order chi connectivity index (χ1) is 10.4. The van der Waals surface area contributed by atoms with Gasteiger partial charge in [0.15, 0.2) is 5.11 Å². The van der Waals surface area contributed by atoms with Crippen LogP contribution in [0.15, 0.2) is 18.2 Å². The van der Waals surface area contributed by atoms with Gasteiger partial charge in [0.25, 0.3) is 5.69 Å². The van der Waals surface area contributed by atoms with Gasteiger partial charge < -0.3 is 15.4 Å². The molecule has 0 spiro atoms. The van der Waals surface area contributed by atoms with Crippen molar-refractivity contribution in [3.05, 3.63) is 33.3 Å². The number of non-ortho nitro benzene ring substituents is 1. The molecular formula is C14H20ClN3O3S. The fraction of sp³-hybridized carbons (Fsp3) is 0.500. The van der Waals surface area contributed by atoms with E-state index >= 15 is 0 Å². The highest BCUT2D eigenvalue weighted by Gasteiger charge is 2.10. The monoisotopic (exact) mass is 345 g/mol. The highest BCUT2D eigenvalue weighted by molar-refractivity contribution is 7.80. The first-order valence-corrected chi connectivity index (χ1v) is 7.75. The molecule has 0 saturated carbocycles. The third kappa shape index (κ3) is 7.02. The lowest BCUT2D eigenvalue weighted by Crippen LogP contribution is -2.30. The minimum atomic E-state index is -0.482. The first-order valence-electron chi connectivity index (χ1n) is 6.96. The molecule has 0 saturated heterocycles. The summed E-state index contributed by atoms with van der Waals surface area (Å²) >= 11 is 11.1. The van der Waals surface area contributed by atoms with E-state index in [2.05, 4.69) is 24.5 Å². The van der Waals surface area contributed by atoms with E-state index in [1.165, 1.54) is 18.2 Å². The van der Waals surface area contributed by atoms with E-state index in [4.69, 9.17) is 28.6 Å². The van der Waals surface area contributed by atoms with Crippen molar-refractivity contribution in [3.8, 4) is 0 Å². The van der Waals surface area contributed by atoms with Crippen LogP contribution in [0.1, 0.15) is 20.3 Å². The highest BCUT2D eigenvalue weighted by atomic mass is 35.5. The fourth-order valence-electron chi connectivity index (χ4n) is 1.58. The zero-order chi connectivity index (χ0) is 16.5. The molecule has 0 heterocycles. The number of halogens is 1. The summed E-state index contributed by atoms with van der Waals surface area (Å²) in [6, 6.07) is 4.16. The molecule has 0 radical (unpaired) electrons. The Morgan fingerprint density at radius 2 is 2.23 bits per heavy atom. The molecule has 0 aromatic heterocycles. The van der Waals surface area contributed by atoms with Crippen LogP contribution >= 0.6 is 23.8 Å². The molecule has 0 bridgehead atoms. The summed E-state index contributed by atoms with van der Waals surface area (Å²) in [5.74, 6) is 0.520. The topological polar surface area (TPSA) is 76.4 Å². The molecule has 0 aliphatic carbocycles. The average Bonchev–Trinajstić information content (AvgIpc) is 2.44. The SMILES string of the molecule is CC(C)COCCCNC(=S)Nc1cc([N+](=O)[O-])ccc1Cl. The van der Waals surface area contributed by atoms with Crippen LogP contribution < -0.4 is 10.6 Å². The molecule has 22 heavy (non-hydrogen) atoms. The summed E-state index contributed by atoms with van der Waals surface area (Å²) in [6.07, 6.45) is 0.817. The Balaban J connectivity index is 2.36. The first kappa shape index (κ1) is 18.6. The van der Waals surface area contributed by atoms with Gasteiger partial charge in [-0.15, -0.1) is 0 Å². The van der Waals surface area contributed by atoms with Crippen molar-refractivity contribution >= 4 is 40.3 Å². The van der Waals surface area contributed by atoms with Crippen LogP contribution in [-0.2, 0) is 4.74 Å². The molecule has 0 aliphatic heterocycles. The van der Waals surface area contributed by atoms with Crippen LogP contribution in [0.4, 0.5) is 11.4 Å². The van der Waals surface area contributed by atoms with Crippen molar-refractivity contribution in [1.29, 1.82) is 0 Å². The number of anilines is 1. The van der Waals surface area contributed by atoms with Crippen LogP contribution in [0.3, 0.4) is 0 Å². The Bertz CT molecular complexity index is 526. The highest BCUT2D eigenvalue weighted by Crippen LogP contribution is 2.26. The number of thiocarbonyl (C=S) groups is 1. The molecule has 1 rings (SSSR count). The quantitative estimate of drug-likeness (QED) is 0.324. The zero-order valence-electron chi connectivity index (χ0n) is 12.6. The van der Waals surface area contributed by atoms with E-state index in [0.29, 0.717) is 34.9 Å². The van der Waals surface area contributed by atoms with Gasteiger partial charge in [0.1, 0.15) is 0 Å². The van der Waals surface area contributed by atoms with Gasteiger partial charge in [-0.1, -0.05) is 25.4 Å². The molecule has 122 valence electrons. The normalized spacial score (nSPS) is 10.5. The van der Waals surface area contributed by atoms with E-state index in [1.54, 1.807) is 0 Å². The third-order valence-corrected chi connectivity index (χ3v) is 3.19. The molecule has 1 aromatic carbocycles. The van der Waals surface area contributed by atoms with Gasteiger partial charge in [0, 0.05) is 31.9 Å². The van der Waals surface area contributed by atoms with Gasteiger partial charge >= 0.3 is 0 Å². The second-order valence-electron chi connectivity index (χ2n) is 5.12. The van der Waals surface area contributed by atoms with Crippen molar-refractivity contribution in [2.45, 2.75) is 20.3 Å². The van der Waals surface area contributed by atoms with Crippen LogP contribution in [0.2, 0.25) is 5.02 Å². The lowest BCUT2D eigenvalue weighted by Gasteiger charge is -2.12. The number of nitrogens with one attached hydrogen (secondary N) is 2. The Morgan fingerprint density at radius 1 is 1.50 bits per heavy atom. The molecule has 8 heteroatoms. The lowest BCUT2D eigenvalue weighted by molar-refractivity contribution is -0.384. The molecule has 2 N–H and O–H groups in total. The molecule has 0 unspecified atom stereocenters. The summed E-state index contributed by atoms with van der Waals surface area (Å²) in [4.78, 5) is 10.3. The van der Waals surface area contributed by atoms with Crippen molar-refractivity contribution in [2.75, 3.05) is 25.1 Å². The maximum Gasteiger partial charge on any atom is 0.271 e. The molecule has 0 fully saturated rings. The molecular weight excluding hydrogens is 326 g/mol. The molecule has 0 aliphatic rings. The summed E-state index contributed by atoms with van der Waals surface area (Å²) in [6.45, 7) is 6.24. The smallest absolute Gasteiger partial charge is 0.271 e. The van der Waals surface area contributed by atoms with Crippen molar-refractivity contribution in [2.24, 2.45) is 5.92 Å². The summed E-state index contributed by atoms with van der Waals surface area (Å²) < 4.78 is 5.46. The maximum absolute atomic E-state index is 10.7. The molecule has 1 aromatic rings.